The topological polar surface area (TPSA) is 66.9 Å². The second kappa shape index (κ2) is 8.06. The summed E-state index contributed by atoms with van der Waals surface area (Å²) in [6, 6.07) is 4.20. The lowest BCUT2D eigenvalue weighted by Gasteiger charge is -2.22. The summed E-state index contributed by atoms with van der Waals surface area (Å²) in [6.45, 7) is 0.610. The summed E-state index contributed by atoms with van der Waals surface area (Å²) >= 11 is 1.62. The molecule has 6 heteroatoms. The van der Waals surface area contributed by atoms with E-state index in [-0.39, 0.29) is 6.03 Å². The molecule has 0 saturated heterocycles. The minimum absolute atomic E-state index is 0.0547. The van der Waals surface area contributed by atoms with Gasteiger partial charge in [-0.05, 0) is 25.0 Å². The van der Waals surface area contributed by atoms with Crippen LogP contribution in [0.4, 0.5) is 4.79 Å². The summed E-state index contributed by atoms with van der Waals surface area (Å²) in [5.41, 5.74) is 1.97. The fourth-order valence-corrected chi connectivity index (χ4v) is 3.65. The van der Waals surface area contributed by atoms with E-state index in [0.29, 0.717) is 12.6 Å². The van der Waals surface area contributed by atoms with E-state index in [1.54, 1.807) is 17.5 Å². The first-order valence-corrected chi connectivity index (χ1v) is 9.08. The minimum atomic E-state index is -0.0547. The highest BCUT2D eigenvalue weighted by Gasteiger charge is 2.15. The van der Waals surface area contributed by atoms with Gasteiger partial charge in [0, 0.05) is 42.3 Å². The van der Waals surface area contributed by atoms with Crippen molar-refractivity contribution in [1.29, 1.82) is 0 Å². The first kappa shape index (κ1) is 15.9. The molecular weight excluding hydrogens is 308 g/mol. The summed E-state index contributed by atoms with van der Waals surface area (Å²) in [5, 5.41) is 9.06. The van der Waals surface area contributed by atoms with Crippen LogP contribution in [0.2, 0.25) is 0 Å². The average Bonchev–Trinajstić information content (AvgIpc) is 3.05. The number of nitrogens with one attached hydrogen (secondary N) is 2. The predicted molar refractivity (Wildman–Crippen MR) is 92.5 cm³/mol. The summed E-state index contributed by atoms with van der Waals surface area (Å²) in [6.07, 6.45) is 10.3. The molecule has 1 saturated carbocycles. The maximum absolute atomic E-state index is 11.9. The monoisotopic (exact) mass is 330 g/mol. The third-order valence-electron chi connectivity index (χ3n) is 4.07. The number of rotatable bonds is 5. The van der Waals surface area contributed by atoms with Crippen LogP contribution in [0.3, 0.4) is 0 Å². The van der Waals surface area contributed by atoms with E-state index < -0.39 is 0 Å². The molecule has 122 valence electrons. The number of hydrogen-bond donors (Lipinski definition) is 2. The van der Waals surface area contributed by atoms with Crippen LogP contribution in [0, 0.1) is 0 Å². The van der Waals surface area contributed by atoms with Crippen molar-refractivity contribution in [2.24, 2.45) is 0 Å². The van der Waals surface area contributed by atoms with Crippen LogP contribution in [0.25, 0.3) is 11.3 Å². The molecule has 2 heterocycles. The molecule has 2 N–H and O–H groups in total. The Hall–Kier alpha value is -1.95. The number of nitrogens with zero attached hydrogens (tertiary/aromatic N) is 2. The van der Waals surface area contributed by atoms with Gasteiger partial charge in [0.15, 0.2) is 0 Å². The second-order valence-corrected chi connectivity index (χ2v) is 6.80. The van der Waals surface area contributed by atoms with E-state index in [1.807, 2.05) is 23.7 Å². The number of carbonyl (C=O) groups excluding carboxylic acids is 1. The maximum atomic E-state index is 11.9. The van der Waals surface area contributed by atoms with E-state index in [2.05, 4.69) is 20.6 Å². The molecule has 1 aliphatic carbocycles. The molecule has 0 radical (unpaired) electrons. The van der Waals surface area contributed by atoms with E-state index in [0.717, 1.165) is 35.5 Å². The molecule has 0 bridgehead atoms. The Kier molecular flexibility index (Phi) is 5.58. The molecule has 0 spiro atoms. The van der Waals surface area contributed by atoms with Crippen LogP contribution in [0.1, 0.15) is 37.1 Å². The number of hydrogen-bond acceptors (Lipinski definition) is 4. The number of carbonyl (C=O) groups is 1. The van der Waals surface area contributed by atoms with Crippen LogP contribution in [-0.2, 0) is 6.42 Å². The van der Waals surface area contributed by atoms with Gasteiger partial charge < -0.3 is 10.6 Å². The number of urea groups is 1. The van der Waals surface area contributed by atoms with Crippen molar-refractivity contribution in [2.75, 3.05) is 6.54 Å². The Morgan fingerprint density at radius 2 is 2.17 bits per heavy atom. The Labute approximate surface area is 140 Å². The largest absolute Gasteiger partial charge is 0.338 e. The van der Waals surface area contributed by atoms with Crippen molar-refractivity contribution in [1.82, 2.24) is 20.6 Å². The van der Waals surface area contributed by atoms with Crippen LogP contribution in [0.15, 0.2) is 29.9 Å². The van der Waals surface area contributed by atoms with Gasteiger partial charge in [-0.2, -0.15) is 0 Å². The minimum Gasteiger partial charge on any atom is -0.338 e. The maximum Gasteiger partial charge on any atom is 0.315 e. The summed E-state index contributed by atoms with van der Waals surface area (Å²) in [4.78, 5) is 20.6. The molecule has 3 rings (SSSR count). The summed E-state index contributed by atoms with van der Waals surface area (Å²) in [5.74, 6) is 0. The molecule has 0 aliphatic heterocycles. The van der Waals surface area contributed by atoms with Gasteiger partial charge in [-0.15, -0.1) is 11.3 Å². The van der Waals surface area contributed by atoms with Crippen molar-refractivity contribution < 1.29 is 4.79 Å². The van der Waals surface area contributed by atoms with E-state index in [1.165, 1.54) is 19.3 Å². The molecule has 2 amide bonds. The van der Waals surface area contributed by atoms with Crippen LogP contribution < -0.4 is 10.6 Å². The molecule has 1 fully saturated rings. The average molecular weight is 330 g/mol. The van der Waals surface area contributed by atoms with Gasteiger partial charge in [0.25, 0.3) is 0 Å². The van der Waals surface area contributed by atoms with Crippen molar-refractivity contribution in [2.45, 2.75) is 44.6 Å². The van der Waals surface area contributed by atoms with Gasteiger partial charge >= 0.3 is 6.03 Å². The van der Waals surface area contributed by atoms with Crippen LogP contribution >= 0.6 is 11.3 Å². The third-order valence-corrected chi connectivity index (χ3v) is 4.98. The van der Waals surface area contributed by atoms with Crippen LogP contribution in [0.5, 0.6) is 0 Å². The van der Waals surface area contributed by atoms with Crippen molar-refractivity contribution in [3.8, 4) is 11.3 Å². The van der Waals surface area contributed by atoms with Crippen molar-refractivity contribution >= 4 is 17.4 Å². The Morgan fingerprint density at radius 3 is 2.96 bits per heavy atom. The zero-order chi connectivity index (χ0) is 15.9. The van der Waals surface area contributed by atoms with Gasteiger partial charge in [0.2, 0.25) is 0 Å². The summed E-state index contributed by atoms with van der Waals surface area (Å²) < 4.78 is 0. The van der Waals surface area contributed by atoms with Gasteiger partial charge in [-0.3, -0.25) is 4.98 Å². The van der Waals surface area contributed by atoms with Crippen molar-refractivity contribution in [3.05, 3.63) is 34.9 Å². The van der Waals surface area contributed by atoms with E-state index in [4.69, 9.17) is 0 Å². The second-order valence-electron chi connectivity index (χ2n) is 5.85. The SMILES string of the molecule is O=C(NCCc1nc(-c2cccnc2)cs1)NC1CCCCC1. The Bertz CT molecular complexity index is 623. The fraction of sp³-hybridized carbons (Fsp3) is 0.471. The molecule has 1 aliphatic rings. The lowest BCUT2D eigenvalue weighted by atomic mass is 9.96. The molecule has 2 aromatic rings. The number of aromatic nitrogens is 2. The quantitative estimate of drug-likeness (QED) is 0.883. The molecule has 2 aromatic heterocycles. The first-order valence-electron chi connectivity index (χ1n) is 8.20. The molecule has 0 atom stereocenters. The highest BCUT2D eigenvalue weighted by Crippen LogP contribution is 2.21. The fourth-order valence-electron chi connectivity index (χ4n) is 2.84. The lowest BCUT2D eigenvalue weighted by Crippen LogP contribution is -2.43. The predicted octanol–water partition coefficient (Wildman–Crippen LogP) is 3.38. The molecule has 23 heavy (non-hydrogen) atoms. The lowest BCUT2D eigenvalue weighted by molar-refractivity contribution is 0.233. The van der Waals surface area contributed by atoms with E-state index in [9.17, 15) is 4.79 Å². The van der Waals surface area contributed by atoms with Crippen LogP contribution in [-0.4, -0.2) is 28.6 Å². The van der Waals surface area contributed by atoms with Crippen molar-refractivity contribution in [3.63, 3.8) is 0 Å². The van der Waals surface area contributed by atoms with E-state index >= 15 is 0 Å². The van der Waals surface area contributed by atoms with Gasteiger partial charge in [0.1, 0.15) is 0 Å². The standard InChI is InChI=1S/C17H22N4OS/c22-17(20-14-6-2-1-3-7-14)19-10-8-16-21-15(12-23-16)13-5-4-9-18-11-13/h4-5,9,11-12,14H,1-3,6-8,10H2,(H2,19,20,22). The normalized spacial score (nSPS) is 15.3. The molecule has 5 nitrogen and oxygen atoms in total. The summed E-state index contributed by atoms with van der Waals surface area (Å²) in [7, 11) is 0. The van der Waals surface area contributed by atoms with Gasteiger partial charge in [-0.25, -0.2) is 9.78 Å². The number of amides is 2. The zero-order valence-corrected chi connectivity index (χ0v) is 13.9. The third kappa shape index (κ3) is 4.76. The Balaban J connectivity index is 1.42. The highest BCUT2D eigenvalue weighted by molar-refractivity contribution is 7.09. The molecule has 0 unspecified atom stereocenters. The van der Waals surface area contributed by atoms with Gasteiger partial charge in [0.05, 0.1) is 10.7 Å². The zero-order valence-electron chi connectivity index (χ0n) is 13.1. The number of pyridine rings is 1. The number of thiazole rings is 1. The van der Waals surface area contributed by atoms with Gasteiger partial charge in [-0.1, -0.05) is 19.3 Å². The molecule has 0 aromatic carbocycles. The smallest absolute Gasteiger partial charge is 0.315 e. The highest BCUT2D eigenvalue weighted by atomic mass is 32.1. The Morgan fingerprint density at radius 1 is 1.30 bits per heavy atom. The molecular formula is C17H22N4OS. The first-order chi connectivity index (χ1) is 11.3.